The molecular formula is C22H28FN. The molecule has 4 atom stereocenters. The number of benzene rings is 1. The second-order valence-electron chi connectivity index (χ2n) is 7.67. The van der Waals surface area contributed by atoms with Crippen molar-refractivity contribution in [1.29, 1.82) is 5.26 Å². The Hall–Kier alpha value is -1.62. The molecule has 0 radical (unpaired) electrons. The van der Waals surface area contributed by atoms with Gasteiger partial charge in [0, 0.05) is 0 Å². The summed E-state index contributed by atoms with van der Waals surface area (Å²) in [7, 11) is 0. The molecule has 0 saturated heterocycles. The molecule has 0 amide bonds. The van der Waals surface area contributed by atoms with Crippen molar-refractivity contribution >= 4 is 0 Å². The highest BCUT2D eigenvalue weighted by Crippen LogP contribution is 2.47. The van der Waals surface area contributed by atoms with Crippen LogP contribution in [0.2, 0.25) is 0 Å². The van der Waals surface area contributed by atoms with E-state index >= 15 is 0 Å². The molecule has 2 saturated carbocycles. The van der Waals surface area contributed by atoms with Gasteiger partial charge in [-0.05, 0) is 86.3 Å². The van der Waals surface area contributed by atoms with Crippen molar-refractivity contribution in [3.8, 4) is 6.07 Å². The van der Waals surface area contributed by atoms with Gasteiger partial charge in [0.25, 0.3) is 0 Å². The number of hydrogen-bond donors (Lipinski definition) is 0. The average Bonchev–Trinajstić information content (AvgIpc) is 2.61. The molecule has 0 aromatic heterocycles. The lowest BCUT2D eigenvalue weighted by Gasteiger charge is -2.41. The lowest BCUT2D eigenvalue weighted by Crippen LogP contribution is -2.30. The molecular weight excluding hydrogens is 297 g/mol. The van der Waals surface area contributed by atoms with E-state index in [9.17, 15) is 4.39 Å². The molecule has 24 heavy (non-hydrogen) atoms. The molecule has 3 rings (SSSR count). The lowest BCUT2D eigenvalue weighted by molar-refractivity contribution is 0.133. The van der Waals surface area contributed by atoms with E-state index in [1.165, 1.54) is 44.9 Å². The van der Waals surface area contributed by atoms with Gasteiger partial charge < -0.3 is 0 Å². The number of allylic oxidation sites excluding steroid dienone is 2. The number of fused-ring (bicyclic) bond motifs is 1. The van der Waals surface area contributed by atoms with Gasteiger partial charge >= 0.3 is 0 Å². The predicted molar refractivity (Wildman–Crippen MR) is 96.1 cm³/mol. The molecule has 1 aromatic carbocycles. The van der Waals surface area contributed by atoms with E-state index < -0.39 is 0 Å². The van der Waals surface area contributed by atoms with Crippen molar-refractivity contribution < 1.29 is 4.39 Å². The molecule has 2 heteroatoms. The number of nitrogens with zero attached hydrogens (tertiary/aromatic N) is 1. The first-order chi connectivity index (χ1) is 11.7. The van der Waals surface area contributed by atoms with Crippen molar-refractivity contribution in [3.05, 3.63) is 47.3 Å². The third-order valence-corrected chi connectivity index (χ3v) is 6.10. The van der Waals surface area contributed by atoms with Gasteiger partial charge in [-0.15, -0.1) is 0 Å². The van der Waals surface area contributed by atoms with Crippen molar-refractivity contribution in [2.24, 2.45) is 17.8 Å². The van der Waals surface area contributed by atoms with Crippen LogP contribution in [-0.4, -0.2) is 0 Å². The summed E-state index contributed by atoms with van der Waals surface area (Å²) in [6.07, 6.45) is 14.9. The highest BCUT2D eigenvalue weighted by atomic mass is 19.1. The summed E-state index contributed by atoms with van der Waals surface area (Å²) in [5.74, 6) is 2.55. The average molecular weight is 325 g/mol. The maximum Gasteiger partial charge on any atom is 0.141 e. The molecule has 0 N–H and O–H groups in total. The van der Waals surface area contributed by atoms with Gasteiger partial charge in [-0.3, -0.25) is 0 Å². The zero-order valence-corrected chi connectivity index (χ0v) is 14.7. The minimum absolute atomic E-state index is 0.159. The molecule has 0 aliphatic heterocycles. The molecule has 2 fully saturated rings. The Morgan fingerprint density at radius 2 is 1.96 bits per heavy atom. The maximum absolute atomic E-state index is 13.9. The summed E-state index contributed by atoms with van der Waals surface area (Å²) < 4.78 is 13.9. The Kier molecular flexibility index (Phi) is 5.72. The largest absolute Gasteiger partial charge is 0.206 e. The van der Waals surface area contributed by atoms with Crippen LogP contribution in [0.15, 0.2) is 30.4 Å². The summed E-state index contributed by atoms with van der Waals surface area (Å²) in [5.41, 5.74) is 1.25. The van der Waals surface area contributed by atoms with Gasteiger partial charge in [-0.2, -0.15) is 5.26 Å². The van der Waals surface area contributed by atoms with Crippen LogP contribution in [0.1, 0.15) is 75.3 Å². The molecule has 2 aliphatic carbocycles. The van der Waals surface area contributed by atoms with Crippen LogP contribution >= 0.6 is 0 Å². The van der Waals surface area contributed by atoms with Crippen LogP contribution in [0.3, 0.4) is 0 Å². The Morgan fingerprint density at radius 3 is 2.71 bits per heavy atom. The summed E-state index contributed by atoms with van der Waals surface area (Å²) in [6.45, 7) is 2.23. The maximum atomic E-state index is 13.9. The second-order valence-corrected chi connectivity index (χ2v) is 7.67. The highest BCUT2D eigenvalue weighted by Gasteiger charge is 2.35. The SMILES string of the molecule is CCCC=C[C@@H]1CC[C@@H]2C[C@H](c3ccc(C#N)c(F)c3)CC[C@@H]2C1. The van der Waals surface area contributed by atoms with Gasteiger partial charge in [-0.25, -0.2) is 4.39 Å². The third-order valence-electron chi connectivity index (χ3n) is 6.10. The standard InChI is InChI=1S/C22H28FN/c1-2-3-4-5-16-6-7-18-13-19(9-8-17(18)12-16)20-10-11-21(15-24)22(23)14-20/h4-5,10-11,14,16-19H,2-3,6-9,12-13H2,1H3/t16-,17-,18-,19-/m1/s1. The van der Waals surface area contributed by atoms with Crippen LogP contribution in [0.5, 0.6) is 0 Å². The first-order valence-electron chi connectivity index (χ1n) is 9.57. The number of nitriles is 1. The smallest absolute Gasteiger partial charge is 0.141 e. The van der Waals surface area contributed by atoms with E-state index in [1.807, 2.05) is 12.1 Å². The van der Waals surface area contributed by atoms with Gasteiger partial charge in [-0.1, -0.05) is 31.6 Å². The Morgan fingerprint density at radius 1 is 1.17 bits per heavy atom. The van der Waals surface area contributed by atoms with Crippen molar-refractivity contribution in [2.75, 3.05) is 0 Å². The van der Waals surface area contributed by atoms with E-state index in [-0.39, 0.29) is 11.4 Å². The molecule has 0 spiro atoms. The minimum atomic E-state index is -0.359. The first-order valence-corrected chi connectivity index (χ1v) is 9.57. The lowest BCUT2D eigenvalue weighted by atomic mass is 9.64. The van der Waals surface area contributed by atoms with Crippen molar-refractivity contribution in [2.45, 2.75) is 64.2 Å². The zero-order valence-electron chi connectivity index (χ0n) is 14.7. The number of halogens is 1. The van der Waals surface area contributed by atoms with Crippen LogP contribution in [0.25, 0.3) is 0 Å². The zero-order chi connectivity index (χ0) is 16.9. The topological polar surface area (TPSA) is 23.8 Å². The fourth-order valence-electron chi connectivity index (χ4n) is 4.73. The predicted octanol–water partition coefficient (Wildman–Crippen LogP) is 6.35. The van der Waals surface area contributed by atoms with E-state index in [0.717, 1.165) is 29.7 Å². The summed E-state index contributed by atoms with van der Waals surface area (Å²) in [5, 5.41) is 8.88. The van der Waals surface area contributed by atoms with Gasteiger partial charge in [0.05, 0.1) is 5.56 Å². The molecule has 2 aliphatic rings. The van der Waals surface area contributed by atoms with Gasteiger partial charge in [0.1, 0.15) is 11.9 Å². The van der Waals surface area contributed by atoms with E-state index in [2.05, 4.69) is 19.1 Å². The fourth-order valence-corrected chi connectivity index (χ4v) is 4.73. The molecule has 0 bridgehead atoms. The highest BCUT2D eigenvalue weighted by molar-refractivity contribution is 5.35. The molecule has 1 nitrogen and oxygen atoms in total. The van der Waals surface area contributed by atoms with Crippen LogP contribution in [0, 0.1) is 34.9 Å². The monoisotopic (exact) mass is 325 g/mol. The summed E-state index contributed by atoms with van der Waals surface area (Å²) >= 11 is 0. The normalized spacial score (nSPS) is 30.0. The number of unbranched alkanes of at least 4 members (excludes halogenated alkanes) is 1. The Bertz CT molecular complexity index is 627. The van der Waals surface area contributed by atoms with Gasteiger partial charge in [0.15, 0.2) is 0 Å². The third kappa shape index (κ3) is 3.89. The number of hydrogen-bond acceptors (Lipinski definition) is 1. The van der Waals surface area contributed by atoms with Gasteiger partial charge in [0.2, 0.25) is 0 Å². The fraction of sp³-hybridized carbons (Fsp3) is 0.591. The van der Waals surface area contributed by atoms with E-state index in [1.54, 1.807) is 12.1 Å². The molecule has 128 valence electrons. The number of rotatable bonds is 4. The van der Waals surface area contributed by atoms with E-state index in [0.29, 0.717) is 5.92 Å². The van der Waals surface area contributed by atoms with E-state index in [4.69, 9.17) is 5.26 Å². The quantitative estimate of drug-likeness (QED) is 0.591. The molecule has 1 aromatic rings. The van der Waals surface area contributed by atoms with Crippen molar-refractivity contribution in [3.63, 3.8) is 0 Å². The van der Waals surface area contributed by atoms with Crippen LogP contribution in [0.4, 0.5) is 4.39 Å². The molecule has 0 heterocycles. The minimum Gasteiger partial charge on any atom is -0.206 e. The Balaban J connectivity index is 1.60. The molecule has 0 unspecified atom stereocenters. The second kappa shape index (κ2) is 7.97. The summed E-state index contributed by atoms with van der Waals surface area (Å²) in [4.78, 5) is 0. The Labute approximate surface area is 145 Å². The van der Waals surface area contributed by atoms with Crippen LogP contribution < -0.4 is 0 Å². The summed E-state index contributed by atoms with van der Waals surface area (Å²) in [6, 6.07) is 7.12. The first kappa shape index (κ1) is 17.2. The van der Waals surface area contributed by atoms with Crippen LogP contribution in [-0.2, 0) is 0 Å². The van der Waals surface area contributed by atoms with Crippen molar-refractivity contribution in [1.82, 2.24) is 0 Å².